The van der Waals surface area contributed by atoms with Gasteiger partial charge < -0.3 is 5.11 Å². The van der Waals surface area contributed by atoms with Gasteiger partial charge in [-0.3, -0.25) is 4.40 Å². The highest BCUT2D eigenvalue weighted by molar-refractivity contribution is 9.10. The molecule has 2 heterocycles. The van der Waals surface area contributed by atoms with Crippen molar-refractivity contribution in [1.82, 2.24) is 9.38 Å². The Kier molecular flexibility index (Phi) is 3.12. The van der Waals surface area contributed by atoms with Crippen LogP contribution in [0.1, 0.15) is 11.3 Å². The van der Waals surface area contributed by atoms with Gasteiger partial charge in [0.05, 0.1) is 18.0 Å². The zero-order valence-electron chi connectivity index (χ0n) is 10.5. The Balaban J connectivity index is 2.25. The van der Waals surface area contributed by atoms with Gasteiger partial charge in [0.15, 0.2) is 0 Å². The molecule has 0 unspecified atom stereocenters. The van der Waals surface area contributed by atoms with Crippen molar-refractivity contribution in [3.63, 3.8) is 0 Å². The predicted octanol–water partition coefficient (Wildman–Crippen LogP) is 3.56. The Labute approximate surface area is 119 Å². The first-order valence-corrected chi connectivity index (χ1v) is 6.83. The highest BCUT2D eigenvalue weighted by atomic mass is 79.9. The Hall–Kier alpha value is -1.65. The van der Waals surface area contributed by atoms with Crippen molar-refractivity contribution in [2.24, 2.45) is 0 Å². The van der Waals surface area contributed by atoms with E-state index in [-0.39, 0.29) is 6.61 Å². The second kappa shape index (κ2) is 4.79. The SMILES string of the molecule is Cc1ccc(-c2nc3ccc(Br)cn3c2CO)cc1. The second-order valence-electron chi connectivity index (χ2n) is 4.51. The summed E-state index contributed by atoms with van der Waals surface area (Å²) < 4.78 is 2.88. The molecular weight excluding hydrogens is 304 g/mol. The lowest BCUT2D eigenvalue weighted by Gasteiger charge is -2.02. The second-order valence-corrected chi connectivity index (χ2v) is 5.42. The fourth-order valence-electron chi connectivity index (χ4n) is 2.16. The van der Waals surface area contributed by atoms with Gasteiger partial charge in [-0.25, -0.2) is 4.98 Å². The van der Waals surface area contributed by atoms with Crippen molar-refractivity contribution >= 4 is 21.6 Å². The van der Waals surface area contributed by atoms with Crippen LogP contribution in [-0.2, 0) is 6.61 Å². The standard InChI is InChI=1S/C15H13BrN2O/c1-10-2-4-11(5-3-10)15-13(9-19)18-8-12(16)6-7-14(18)17-15/h2-8,19H,9H2,1H3. The van der Waals surface area contributed by atoms with Gasteiger partial charge in [-0.1, -0.05) is 29.8 Å². The number of imidazole rings is 1. The third-order valence-electron chi connectivity index (χ3n) is 3.16. The third kappa shape index (κ3) is 2.17. The molecule has 0 fully saturated rings. The zero-order chi connectivity index (χ0) is 13.4. The Bertz CT molecular complexity index is 732. The summed E-state index contributed by atoms with van der Waals surface area (Å²) in [4.78, 5) is 4.61. The van der Waals surface area contributed by atoms with E-state index in [1.807, 2.05) is 34.9 Å². The number of hydrogen-bond donors (Lipinski definition) is 1. The summed E-state index contributed by atoms with van der Waals surface area (Å²) in [6, 6.07) is 12.0. The topological polar surface area (TPSA) is 37.5 Å². The average molecular weight is 317 g/mol. The van der Waals surface area contributed by atoms with E-state index in [4.69, 9.17) is 0 Å². The molecule has 0 spiro atoms. The number of pyridine rings is 1. The van der Waals surface area contributed by atoms with Gasteiger partial charge in [0.1, 0.15) is 5.65 Å². The molecule has 0 amide bonds. The number of aliphatic hydroxyl groups excluding tert-OH is 1. The van der Waals surface area contributed by atoms with Crippen molar-refractivity contribution < 1.29 is 5.11 Å². The van der Waals surface area contributed by atoms with Crippen LogP contribution in [-0.4, -0.2) is 14.5 Å². The molecule has 1 aromatic carbocycles. The van der Waals surface area contributed by atoms with Crippen molar-refractivity contribution in [2.45, 2.75) is 13.5 Å². The monoisotopic (exact) mass is 316 g/mol. The minimum Gasteiger partial charge on any atom is -0.390 e. The van der Waals surface area contributed by atoms with Crippen LogP contribution in [0.3, 0.4) is 0 Å². The summed E-state index contributed by atoms with van der Waals surface area (Å²) in [7, 11) is 0. The number of aryl methyl sites for hydroxylation is 1. The van der Waals surface area contributed by atoms with Crippen molar-refractivity contribution in [3.8, 4) is 11.3 Å². The quantitative estimate of drug-likeness (QED) is 0.785. The van der Waals surface area contributed by atoms with E-state index >= 15 is 0 Å². The van der Waals surface area contributed by atoms with Crippen LogP contribution < -0.4 is 0 Å². The molecule has 19 heavy (non-hydrogen) atoms. The molecule has 0 bridgehead atoms. The fourth-order valence-corrected chi connectivity index (χ4v) is 2.50. The minimum atomic E-state index is -0.0408. The number of fused-ring (bicyclic) bond motifs is 1. The van der Waals surface area contributed by atoms with Gasteiger partial charge >= 0.3 is 0 Å². The number of aliphatic hydroxyl groups is 1. The van der Waals surface area contributed by atoms with E-state index in [0.717, 1.165) is 27.1 Å². The minimum absolute atomic E-state index is 0.0408. The highest BCUT2D eigenvalue weighted by Crippen LogP contribution is 2.26. The molecule has 1 N–H and O–H groups in total. The largest absolute Gasteiger partial charge is 0.390 e. The number of rotatable bonds is 2. The lowest BCUT2D eigenvalue weighted by molar-refractivity contribution is 0.276. The molecule has 3 nitrogen and oxygen atoms in total. The molecular formula is C15H13BrN2O. The van der Waals surface area contributed by atoms with Crippen LogP contribution in [0.25, 0.3) is 16.9 Å². The Morgan fingerprint density at radius 2 is 1.89 bits per heavy atom. The molecule has 2 aromatic heterocycles. The molecule has 3 aromatic rings. The maximum absolute atomic E-state index is 9.64. The summed E-state index contributed by atoms with van der Waals surface area (Å²) >= 11 is 3.44. The van der Waals surface area contributed by atoms with Crippen LogP contribution >= 0.6 is 15.9 Å². The summed E-state index contributed by atoms with van der Waals surface area (Å²) in [5.74, 6) is 0. The van der Waals surface area contributed by atoms with Crippen LogP contribution in [0.4, 0.5) is 0 Å². The van der Waals surface area contributed by atoms with Crippen LogP contribution in [0.15, 0.2) is 47.1 Å². The zero-order valence-corrected chi connectivity index (χ0v) is 12.1. The van der Waals surface area contributed by atoms with Crippen LogP contribution in [0.5, 0.6) is 0 Å². The third-order valence-corrected chi connectivity index (χ3v) is 3.63. The summed E-state index contributed by atoms with van der Waals surface area (Å²) in [5.41, 5.74) is 4.71. The number of nitrogens with zero attached hydrogens (tertiary/aromatic N) is 2. The summed E-state index contributed by atoms with van der Waals surface area (Å²) in [6.07, 6.45) is 1.92. The lowest BCUT2D eigenvalue weighted by Crippen LogP contribution is -1.94. The van der Waals surface area contributed by atoms with E-state index < -0.39 is 0 Å². The van der Waals surface area contributed by atoms with Gasteiger partial charge in [-0.15, -0.1) is 0 Å². The van der Waals surface area contributed by atoms with E-state index in [0.29, 0.717) is 0 Å². The predicted molar refractivity (Wildman–Crippen MR) is 79.0 cm³/mol. The molecule has 0 saturated carbocycles. The smallest absolute Gasteiger partial charge is 0.137 e. The maximum atomic E-state index is 9.64. The van der Waals surface area contributed by atoms with Gasteiger partial charge in [0.2, 0.25) is 0 Å². The number of aromatic nitrogens is 2. The number of halogens is 1. The Morgan fingerprint density at radius 1 is 1.16 bits per heavy atom. The Morgan fingerprint density at radius 3 is 2.58 bits per heavy atom. The van der Waals surface area contributed by atoms with Crippen molar-refractivity contribution in [3.05, 3.63) is 58.3 Å². The maximum Gasteiger partial charge on any atom is 0.137 e. The summed E-state index contributed by atoms with van der Waals surface area (Å²) in [5, 5.41) is 9.64. The van der Waals surface area contributed by atoms with Crippen LogP contribution in [0, 0.1) is 6.92 Å². The van der Waals surface area contributed by atoms with E-state index in [1.165, 1.54) is 5.56 Å². The van der Waals surface area contributed by atoms with E-state index in [1.54, 1.807) is 0 Å². The lowest BCUT2D eigenvalue weighted by atomic mass is 10.1. The molecule has 0 aliphatic heterocycles. The molecule has 0 aliphatic carbocycles. The normalized spacial score (nSPS) is 11.1. The first-order chi connectivity index (χ1) is 9.19. The van der Waals surface area contributed by atoms with Gasteiger partial charge in [0.25, 0.3) is 0 Å². The van der Waals surface area contributed by atoms with E-state index in [9.17, 15) is 5.11 Å². The molecule has 0 aliphatic rings. The molecule has 0 radical (unpaired) electrons. The first kappa shape index (κ1) is 12.4. The van der Waals surface area contributed by atoms with Crippen LogP contribution in [0.2, 0.25) is 0 Å². The molecule has 0 atom stereocenters. The molecule has 96 valence electrons. The molecule has 0 saturated heterocycles. The molecule has 4 heteroatoms. The van der Waals surface area contributed by atoms with Gasteiger partial charge in [0, 0.05) is 16.2 Å². The number of benzene rings is 1. The van der Waals surface area contributed by atoms with Gasteiger partial charge in [-0.05, 0) is 35.0 Å². The first-order valence-electron chi connectivity index (χ1n) is 6.03. The van der Waals surface area contributed by atoms with E-state index in [2.05, 4.69) is 40.0 Å². The van der Waals surface area contributed by atoms with Crippen molar-refractivity contribution in [1.29, 1.82) is 0 Å². The molecule has 3 rings (SSSR count). The fraction of sp³-hybridized carbons (Fsp3) is 0.133. The van der Waals surface area contributed by atoms with Crippen molar-refractivity contribution in [2.75, 3.05) is 0 Å². The highest BCUT2D eigenvalue weighted by Gasteiger charge is 2.13. The average Bonchev–Trinajstić information content (AvgIpc) is 2.77. The summed E-state index contributed by atoms with van der Waals surface area (Å²) in [6.45, 7) is 2.01. The van der Waals surface area contributed by atoms with Gasteiger partial charge in [-0.2, -0.15) is 0 Å². The number of hydrogen-bond acceptors (Lipinski definition) is 2.